The van der Waals surface area contributed by atoms with E-state index in [-0.39, 0.29) is 31.4 Å². The molecule has 0 aliphatic heterocycles. The van der Waals surface area contributed by atoms with Gasteiger partial charge in [-0.1, -0.05) is 142 Å². The fourth-order valence-electron chi connectivity index (χ4n) is 8.63. The minimum atomic E-state index is -1.38. The summed E-state index contributed by atoms with van der Waals surface area (Å²) < 4.78 is 8.76. The molecule has 0 bridgehead atoms. The number of fused-ring (bicyclic) bond motifs is 4. The van der Waals surface area contributed by atoms with Crippen LogP contribution in [-0.4, -0.2) is 37.6 Å². The molecule has 0 aliphatic carbocycles. The smallest absolute Gasteiger partial charge is 0.139 e. The van der Waals surface area contributed by atoms with Crippen LogP contribution in [0, 0.1) is 38.8 Å². The number of hydrogen-bond acceptors (Lipinski definition) is 6. The molecule has 3 aromatic carbocycles. The maximum atomic E-state index is 6.48. The largest absolute Gasteiger partial charge is 0.499 e. The summed E-state index contributed by atoms with van der Waals surface area (Å²) in [7, 11) is -1.38. The van der Waals surface area contributed by atoms with E-state index in [0.717, 1.165) is 90.5 Å². The van der Waals surface area contributed by atoms with Crippen LogP contribution in [0.25, 0.3) is 72.6 Å². The van der Waals surface area contributed by atoms with E-state index in [0.29, 0.717) is 5.92 Å². The second-order valence-corrected chi connectivity index (χ2v) is 25.0. The standard InChI is InChI=1S/C37H33N4O.C19H27N2Si.Ir/c1-22(2)28-20-31-29(21-39-28)40-36(26-16-14-23(3)33-34-32(42-35(26)33)13-10-18-38-34)41(31)30-17-15-25(19-27(30)37(4,5)6)24-11-8-7-9-12-24;1-13(2)10-16-11-18(20-12-19(16)22(5,6)7)17-9-8-14(3)21-15(17)4;/h7-15,17-22H,1-6H3;8,11-13H,10H2,1-7H3;/q2*-1;. The molecule has 0 amide bonds. The number of aromatic nitrogens is 6. The van der Waals surface area contributed by atoms with Crippen molar-refractivity contribution in [2.75, 3.05) is 0 Å². The van der Waals surface area contributed by atoms with Crippen LogP contribution >= 0.6 is 0 Å². The molecule has 0 N–H and O–H groups in total. The molecule has 1 radical (unpaired) electrons. The molecular formula is C56H60IrN6OSi-2. The van der Waals surface area contributed by atoms with Crippen LogP contribution in [0.4, 0.5) is 0 Å². The summed E-state index contributed by atoms with van der Waals surface area (Å²) in [5.74, 6) is 1.70. The first kappa shape index (κ1) is 47.4. The van der Waals surface area contributed by atoms with Crippen molar-refractivity contribution in [1.29, 1.82) is 0 Å². The molecule has 6 heterocycles. The zero-order valence-electron chi connectivity index (χ0n) is 40.1. The van der Waals surface area contributed by atoms with Crippen LogP contribution in [0.1, 0.15) is 88.2 Å². The second kappa shape index (κ2) is 18.7. The Labute approximate surface area is 399 Å². The molecule has 0 saturated carbocycles. The van der Waals surface area contributed by atoms with E-state index in [1.54, 1.807) is 0 Å². The summed E-state index contributed by atoms with van der Waals surface area (Å²) in [4.78, 5) is 23.9. The zero-order chi connectivity index (χ0) is 45.7. The van der Waals surface area contributed by atoms with Gasteiger partial charge in [0.25, 0.3) is 0 Å². The van der Waals surface area contributed by atoms with Crippen LogP contribution < -0.4 is 5.19 Å². The minimum Gasteiger partial charge on any atom is -0.499 e. The quantitative estimate of drug-likeness (QED) is 0.111. The van der Waals surface area contributed by atoms with E-state index in [1.807, 2.05) is 50.5 Å². The van der Waals surface area contributed by atoms with Crippen molar-refractivity contribution in [1.82, 2.24) is 29.5 Å². The second-order valence-electron chi connectivity index (χ2n) is 20.0. The average Bonchev–Trinajstić information content (AvgIpc) is 3.83. The van der Waals surface area contributed by atoms with Crippen LogP contribution in [0.5, 0.6) is 0 Å². The molecule has 0 fully saturated rings. The van der Waals surface area contributed by atoms with Crippen molar-refractivity contribution < 1.29 is 24.5 Å². The molecule has 6 aromatic heterocycles. The van der Waals surface area contributed by atoms with Gasteiger partial charge in [-0.05, 0) is 98.3 Å². The summed E-state index contributed by atoms with van der Waals surface area (Å²) in [6.45, 7) is 29.0. The van der Waals surface area contributed by atoms with Crippen LogP contribution in [0.2, 0.25) is 19.6 Å². The van der Waals surface area contributed by atoms with Gasteiger partial charge in [-0.25, -0.2) is 0 Å². The van der Waals surface area contributed by atoms with Gasteiger partial charge in [0.15, 0.2) is 0 Å². The summed E-state index contributed by atoms with van der Waals surface area (Å²) in [5.41, 5.74) is 17.1. The summed E-state index contributed by atoms with van der Waals surface area (Å²) in [6, 6.07) is 36.5. The van der Waals surface area contributed by atoms with Crippen molar-refractivity contribution in [3.05, 3.63) is 149 Å². The predicted octanol–water partition coefficient (Wildman–Crippen LogP) is 13.9. The monoisotopic (exact) mass is 1050 g/mol. The molecule has 0 saturated heterocycles. The van der Waals surface area contributed by atoms with E-state index >= 15 is 0 Å². The van der Waals surface area contributed by atoms with E-state index < -0.39 is 8.07 Å². The zero-order valence-corrected chi connectivity index (χ0v) is 43.5. The fourth-order valence-corrected chi connectivity index (χ4v) is 10.2. The number of imidazole rings is 1. The van der Waals surface area contributed by atoms with Crippen molar-refractivity contribution in [3.63, 3.8) is 0 Å². The summed E-state index contributed by atoms with van der Waals surface area (Å²) >= 11 is 0. The van der Waals surface area contributed by atoms with Gasteiger partial charge in [-0.15, -0.1) is 35.4 Å². The van der Waals surface area contributed by atoms with Gasteiger partial charge in [-0.2, -0.15) is 0 Å². The van der Waals surface area contributed by atoms with Gasteiger partial charge in [0.1, 0.15) is 5.58 Å². The van der Waals surface area contributed by atoms with Crippen molar-refractivity contribution in [2.45, 2.75) is 107 Å². The third-order valence-corrected chi connectivity index (χ3v) is 13.9. The predicted molar refractivity (Wildman–Crippen MR) is 268 cm³/mol. The maximum absolute atomic E-state index is 6.48. The summed E-state index contributed by atoms with van der Waals surface area (Å²) in [5, 5.41) is 2.47. The Morgan fingerprint density at radius 2 is 1.51 bits per heavy atom. The van der Waals surface area contributed by atoms with Gasteiger partial charge in [-0.3, -0.25) is 15.0 Å². The third kappa shape index (κ3) is 9.70. The van der Waals surface area contributed by atoms with Crippen molar-refractivity contribution in [2.24, 2.45) is 5.92 Å². The van der Waals surface area contributed by atoms with E-state index in [9.17, 15) is 0 Å². The molecule has 7 nitrogen and oxygen atoms in total. The Morgan fingerprint density at radius 3 is 2.18 bits per heavy atom. The Bertz CT molecular complexity index is 3150. The molecule has 9 heteroatoms. The first-order valence-corrected chi connectivity index (χ1v) is 26.0. The van der Waals surface area contributed by atoms with Crippen molar-refractivity contribution >= 4 is 46.4 Å². The Balaban J connectivity index is 0.000000233. The number of hydrogen-bond donors (Lipinski definition) is 0. The van der Waals surface area contributed by atoms with Crippen molar-refractivity contribution in [3.8, 4) is 39.5 Å². The van der Waals surface area contributed by atoms with Gasteiger partial charge in [0.2, 0.25) is 0 Å². The molecule has 0 spiro atoms. The molecule has 0 unspecified atom stereocenters. The molecule has 9 aromatic rings. The van der Waals surface area contributed by atoms with Crippen LogP contribution in [-0.2, 0) is 31.9 Å². The maximum Gasteiger partial charge on any atom is 0.139 e. The first-order valence-electron chi connectivity index (χ1n) is 22.5. The SMILES string of the molecule is Cc1c[c-]c(-c2cc(CC(C)C)c([Si](C)(C)C)cn2)c(C)n1.Cc1c[c-]c(-c2nc3cnc(C(C)C)cc3n2-c2ccc(-c3ccccc3)cc2C(C)(C)C)c2oc3cccnc3c12.[Ir]. The normalized spacial score (nSPS) is 12.0. The number of aryl methyl sites for hydroxylation is 3. The molecule has 0 aliphatic rings. The molecule has 0 atom stereocenters. The number of rotatable bonds is 8. The van der Waals surface area contributed by atoms with E-state index in [2.05, 4.69) is 169 Å². The number of nitrogens with zero attached hydrogens (tertiary/aromatic N) is 6. The van der Waals surface area contributed by atoms with Gasteiger partial charge >= 0.3 is 0 Å². The number of furan rings is 1. The molecule has 335 valence electrons. The average molecular weight is 1050 g/mol. The number of pyridine rings is 4. The molecular weight excluding hydrogens is 993 g/mol. The molecule has 65 heavy (non-hydrogen) atoms. The topological polar surface area (TPSA) is 82.5 Å². The molecule has 9 rings (SSSR count). The Hall–Kier alpha value is -5.60. The Kier molecular flexibility index (Phi) is 13.6. The van der Waals surface area contributed by atoms with Crippen LogP contribution in [0.3, 0.4) is 0 Å². The third-order valence-electron chi connectivity index (χ3n) is 11.8. The van der Waals surface area contributed by atoms with Gasteiger partial charge in [0, 0.05) is 43.9 Å². The van der Waals surface area contributed by atoms with Gasteiger partial charge in [0.05, 0.1) is 42.2 Å². The van der Waals surface area contributed by atoms with E-state index in [1.165, 1.54) is 27.4 Å². The minimum absolute atomic E-state index is 0. The van der Waals surface area contributed by atoms with Gasteiger partial charge < -0.3 is 19.0 Å². The number of benzene rings is 3. The fraction of sp³-hybridized carbons (Fsp3) is 0.304. The summed E-state index contributed by atoms with van der Waals surface area (Å²) in [6.07, 6.45) is 6.91. The van der Waals surface area contributed by atoms with Crippen LogP contribution in [0.15, 0.2) is 108 Å². The van der Waals surface area contributed by atoms with E-state index in [4.69, 9.17) is 19.4 Å². The Morgan fingerprint density at radius 1 is 0.769 bits per heavy atom. The first-order chi connectivity index (χ1) is 30.4.